The summed E-state index contributed by atoms with van der Waals surface area (Å²) in [6.45, 7) is 4.25. The largest absolute Gasteiger partial charge is 0.192 e. The lowest BCUT2D eigenvalue weighted by Gasteiger charge is -2.09. The van der Waals surface area contributed by atoms with Crippen molar-refractivity contribution in [1.29, 1.82) is 5.26 Å². The van der Waals surface area contributed by atoms with E-state index in [1.165, 1.54) is 5.56 Å². The number of hydrogen-bond donors (Lipinski definition) is 0. The number of aromatic nitrogens is 2. The van der Waals surface area contributed by atoms with E-state index in [1.807, 2.05) is 18.2 Å². The van der Waals surface area contributed by atoms with E-state index in [4.69, 9.17) is 5.26 Å². The summed E-state index contributed by atoms with van der Waals surface area (Å²) >= 11 is 0. The predicted octanol–water partition coefficient (Wildman–Crippen LogP) is 2.62. The first-order chi connectivity index (χ1) is 7.24. The van der Waals surface area contributed by atoms with Gasteiger partial charge in [0.15, 0.2) is 0 Å². The Labute approximate surface area is 88.4 Å². The van der Waals surface area contributed by atoms with Crippen molar-refractivity contribution in [2.75, 3.05) is 0 Å². The zero-order valence-corrected chi connectivity index (χ0v) is 8.73. The first kappa shape index (κ1) is 9.60. The van der Waals surface area contributed by atoms with Gasteiger partial charge in [0.2, 0.25) is 0 Å². The first-order valence-electron chi connectivity index (χ1n) is 4.88. The molecule has 15 heavy (non-hydrogen) atoms. The average Bonchev–Trinajstić information content (AvgIpc) is 2.27. The van der Waals surface area contributed by atoms with Gasteiger partial charge in [-0.3, -0.25) is 0 Å². The summed E-state index contributed by atoms with van der Waals surface area (Å²) < 4.78 is 0. The van der Waals surface area contributed by atoms with Crippen LogP contribution in [0.1, 0.15) is 30.9 Å². The van der Waals surface area contributed by atoms with Crippen LogP contribution in [-0.4, -0.2) is 10.2 Å². The van der Waals surface area contributed by atoms with E-state index in [0.717, 1.165) is 5.39 Å². The molecule has 0 amide bonds. The molecule has 74 valence electrons. The summed E-state index contributed by atoms with van der Waals surface area (Å²) in [6, 6.07) is 7.85. The smallest absolute Gasteiger partial charge is 0.111 e. The summed E-state index contributed by atoms with van der Waals surface area (Å²) in [5.41, 5.74) is 2.49. The van der Waals surface area contributed by atoms with E-state index in [9.17, 15) is 0 Å². The van der Waals surface area contributed by atoms with E-state index in [0.29, 0.717) is 17.0 Å². The van der Waals surface area contributed by atoms with Crippen molar-refractivity contribution in [3.8, 4) is 6.07 Å². The van der Waals surface area contributed by atoms with E-state index >= 15 is 0 Å². The molecule has 1 heterocycles. The zero-order chi connectivity index (χ0) is 10.8. The fourth-order valence-electron chi connectivity index (χ4n) is 1.70. The Balaban J connectivity index is 2.85. The summed E-state index contributed by atoms with van der Waals surface area (Å²) in [5, 5.41) is 17.8. The Bertz CT molecular complexity index is 538. The van der Waals surface area contributed by atoms with E-state index in [2.05, 4.69) is 30.1 Å². The minimum Gasteiger partial charge on any atom is -0.192 e. The van der Waals surface area contributed by atoms with Crippen molar-refractivity contribution < 1.29 is 0 Å². The Kier molecular flexibility index (Phi) is 2.34. The maximum atomic E-state index is 8.95. The third-order valence-corrected chi connectivity index (χ3v) is 2.46. The van der Waals surface area contributed by atoms with E-state index in [1.54, 1.807) is 6.20 Å². The molecule has 0 atom stereocenters. The second kappa shape index (κ2) is 3.66. The van der Waals surface area contributed by atoms with Gasteiger partial charge in [-0.05, 0) is 23.6 Å². The lowest BCUT2D eigenvalue weighted by atomic mass is 9.97. The van der Waals surface area contributed by atoms with Gasteiger partial charge in [0.05, 0.1) is 11.8 Å². The summed E-state index contributed by atoms with van der Waals surface area (Å²) in [6.07, 6.45) is 1.66. The molecule has 0 aliphatic rings. The summed E-state index contributed by atoms with van der Waals surface area (Å²) in [5.74, 6) is 0.421. The highest BCUT2D eigenvalue weighted by Gasteiger charge is 2.09. The van der Waals surface area contributed by atoms with Crippen molar-refractivity contribution in [3.63, 3.8) is 0 Å². The number of benzene rings is 1. The maximum absolute atomic E-state index is 8.95. The molecule has 0 spiro atoms. The van der Waals surface area contributed by atoms with Crippen LogP contribution in [0, 0.1) is 11.3 Å². The molecule has 0 fully saturated rings. The van der Waals surface area contributed by atoms with Crippen LogP contribution in [0.2, 0.25) is 0 Å². The highest BCUT2D eigenvalue weighted by Crippen LogP contribution is 2.25. The molecule has 1 aromatic carbocycles. The van der Waals surface area contributed by atoms with Gasteiger partial charge in [-0.15, -0.1) is 5.10 Å². The third kappa shape index (κ3) is 1.55. The van der Waals surface area contributed by atoms with Crippen LogP contribution in [0.15, 0.2) is 24.4 Å². The standard InChI is InChI=1S/C12H11N3/c1-8(2)10-4-3-9(7-13)12-11(10)5-6-14-15-12/h3-6,8H,1-2H3. The van der Waals surface area contributed by atoms with Crippen LogP contribution in [0.25, 0.3) is 10.9 Å². The Morgan fingerprint density at radius 1 is 1.27 bits per heavy atom. The number of fused-ring (bicyclic) bond motifs is 1. The highest BCUT2D eigenvalue weighted by atomic mass is 15.1. The zero-order valence-electron chi connectivity index (χ0n) is 8.73. The number of nitrogens with zero attached hydrogens (tertiary/aromatic N) is 3. The molecule has 0 aliphatic heterocycles. The molecule has 0 aliphatic carbocycles. The van der Waals surface area contributed by atoms with Gasteiger partial charge < -0.3 is 0 Å². The second-order valence-electron chi connectivity index (χ2n) is 3.76. The lowest BCUT2D eigenvalue weighted by molar-refractivity contribution is 0.874. The highest BCUT2D eigenvalue weighted by molar-refractivity contribution is 5.86. The summed E-state index contributed by atoms with van der Waals surface area (Å²) in [4.78, 5) is 0. The minimum absolute atomic E-state index is 0.421. The quantitative estimate of drug-likeness (QED) is 0.706. The third-order valence-electron chi connectivity index (χ3n) is 2.46. The van der Waals surface area contributed by atoms with Crippen LogP contribution >= 0.6 is 0 Å². The molecule has 3 heteroatoms. The van der Waals surface area contributed by atoms with Crippen LogP contribution in [0.4, 0.5) is 0 Å². The number of nitriles is 1. The van der Waals surface area contributed by atoms with E-state index in [-0.39, 0.29) is 0 Å². The van der Waals surface area contributed by atoms with Crippen LogP contribution < -0.4 is 0 Å². The van der Waals surface area contributed by atoms with Crippen molar-refractivity contribution in [2.45, 2.75) is 19.8 Å². The van der Waals surface area contributed by atoms with Gasteiger partial charge in [0.25, 0.3) is 0 Å². The molecule has 0 N–H and O–H groups in total. The van der Waals surface area contributed by atoms with Crippen molar-refractivity contribution in [3.05, 3.63) is 35.5 Å². The Morgan fingerprint density at radius 2 is 2.07 bits per heavy atom. The molecule has 0 saturated heterocycles. The molecule has 2 rings (SSSR count). The fraction of sp³-hybridized carbons (Fsp3) is 0.250. The molecule has 0 radical (unpaired) electrons. The Morgan fingerprint density at radius 3 is 2.73 bits per heavy atom. The number of rotatable bonds is 1. The normalized spacial score (nSPS) is 10.5. The maximum Gasteiger partial charge on any atom is 0.111 e. The lowest BCUT2D eigenvalue weighted by Crippen LogP contribution is -1.94. The molecular formula is C12H11N3. The molecule has 0 bridgehead atoms. The van der Waals surface area contributed by atoms with Gasteiger partial charge in [-0.1, -0.05) is 19.9 Å². The minimum atomic E-state index is 0.421. The van der Waals surface area contributed by atoms with Crippen LogP contribution in [-0.2, 0) is 0 Å². The predicted molar refractivity (Wildman–Crippen MR) is 58.3 cm³/mol. The van der Waals surface area contributed by atoms with Gasteiger partial charge in [0.1, 0.15) is 11.6 Å². The topological polar surface area (TPSA) is 49.6 Å². The molecule has 0 unspecified atom stereocenters. The van der Waals surface area contributed by atoms with Gasteiger partial charge in [0, 0.05) is 5.39 Å². The SMILES string of the molecule is CC(C)c1ccc(C#N)c2nnccc12. The molecule has 2 aromatic rings. The average molecular weight is 197 g/mol. The van der Waals surface area contributed by atoms with Crippen molar-refractivity contribution in [1.82, 2.24) is 10.2 Å². The number of hydrogen-bond acceptors (Lipinski definition) is 3. The second-order valence-corrected chi connectivity index (χ2v) is 3.76. The fourth-order valence-corrected chi connectivity index (χ4v) is 1.70. The van der Waals surface area contributed by atoms with Crippen LogP contribution in [0.5, 0.6) is 0 Å². The van der Waals surface area contributed by atoms with Gasteiger partial charge in [-0.25, -0.2) is 0 Å². The molecule has 3 nitrogen and oxygen atoms in total. The Hall–Kier alpha value is -1.95. The van der Waals surface area contributed by atoms with Gasteiger partial charge >= 0.3 is 0 Å². The molecular weight excluding hydrogens is 186 g/mol. The van der Waals surface area contributed by atoms with Gasteiger partial charge in [-0.2, -0.15) is 10.4 Å². The van der Waals surface area contributed by atoms with Crippen molar-refractivity contribution >= 4 is 10.9 Å². The van der Waals surface area contributed by atoms with Crippen molar-refractivity contribution in [2.24, 2.45) is 0 Å². The monoisotopic (exact) mass is 197 g/mol. The molecule has 0 saturated carbocycles. The van der Waals surface area contributed by atoms with E-state index < -0.39 is 0 Å². The van der Waals surface area contributed by atoms with Crippen LogP contribution in [0.3, 0.4) is 0 Å². The first-order valence-corrected chi connectivity index (χ1v) is 4.88. The summed E-state index contributed by atoms with van der Waals surface area (Å²) in [7, 11) is 0. The molecule has 1 aromatic heterocycles.